The monoisotopic (exact) mass is 489 g/mol. The first kappa shape index (κ1) is 21.5. The van der Waals surface area contributed by atoms with Crippen molar-refractivity contribution in [2.75, 3.05) is 13.2 Å². The molecule has 0 fully saturated rings. The summed E-state index contributed by atoms with van der Waals surface area (Å²) in [6, 6.07) is 7.39. The number of fused-ring (bicyclic) bond motifs is 1. The van der Waals surface area contributed by atoms with Crippen molar-refractivity contribution in [2.45, 2.75) is 25.9 Å². The minimum atomic E-state index is -3.59. The van der Waals surface area contributed by atoms with Crippen molar-refractivity contribution in [3.63, 3.8) is 0 Å². The van der Waals surface area contributed by atoms with E-state index in [1.165, 1.54) is 17.4 Å². The molecule has 1 atom stereocenters. The molecule has 150 valence electrons. The van der Waals surface area contributed by atoms with Gasteiger partial charge < -0.3 is 9.05 Å². The normalized spacial score (nSPS) is 13.2. The Balaban J connectivity index is 2.13. The Hall–Kier alpha value is -1.18. The predicted octanol–water partition coefficient (Wildman–Crippen LogP) is 6.89. The first-order valence-electron chi connectivity index (χ1n) is 8.75. The molecular formula is C19H19BrF2NO3PS. The summed E-state index contributed by atoms with van der Waals surface area (Å²) in [5, 5.41) is 0.886. The first-order valence-corrected chi connectivity index (χ1v) is 12.0. The van der Waals surface area contributed by atoms with Crippen LogP contribution in [0.15, 0.2) is 41.0 Å². The number of halogens is 3. The molecule has 2 heterocycles. The van der Waals surface area contributed by atoms with Crippen molar-refractivity contribution in [3.8, 4) is 0 Å². The zero-order chi connectivity index (χ0) is 20.3. The zero-order valence-electron chi connectivity index (χ0n) is 15.3. The van der Waals surface area contributed by atoms with Gasteiger partial charge in [0, 0.05) is 20.9 Å². The second kappa shape index (κ2) is 9.09. The Labute approximate surface area is 174 Å². The van der Waals surface area contributed by atoms with E-state index in [2.05, 4.69) is 20.9 Å². The van der Waals surface area contributed by atoms with Gasteiger partial charge in [0.2, 0.25) is 0 Å². The number of nitrogens with zero attached hydrogens (tertiary/aromatic N) is 1. The van der Waals surface area contributed by atoms with E-state index in [0.29, 0.717) is 5.56 Å². The number of benzene rings is 1. The summed E-state index contributed by atoms with van der Waals surface area (Å²) in [5.74, 6) is -1.87. The van der Waals surface area contributed by atoms with Crippen LogP contribution in [0.5, 0.6) is 0 Å². The van der Waals surface area contributed by atoms with Gasteiger partial charge in [0.1, 0.15) is 10.5 Å². The van der Waals surface area contributed by atoms with Gasteiger partial charge in [-0.1, -0.05) is 6.07 Å². The molecular weight excluding hydrogens is 471 g/mol. The minimum Gasteiger partial charge on any atom is -0.308 e. The second-order valence-electron chi connectivity index (χ2n) is 5.98. The average molecular weight is 490 g/mol. The molecule has 0 saturated carbocycles. The van der Waals surface area contributed by atoms with Crippen LogP contribution in [-0.4, -0.2) is 18.2 Å². The van der Waals surface area contributed by atoms with Crippen LogP contribution in [-0.2, 0) is 20.0 Å². The molecule has 3 rings (SSSR count). The van der Waals surface area contributed by atoms with Gasteiger partial charge in [-0.2, -0.15) is 0 Å². The molecule has 0 aliphatic heterocycles. The Morgan fingerprint density at radius 3 is 2.50 bits per heavy atom. The highest BCUT2D eigenvalue weighted by Crippen LogP contribution is 2.64. The third kappa shape index (κ3) is 4.36. The molecule has 0 aliphatic rings. The van der Waals surface area contributed by atoms with Crippen LogP contribution in [0, 0.1) is 11.6 Å². The van der Waals surface area contributed by atoms with Crippen LogP contribution in [0.4, 0.5) is 8.78 Å². The van der Waals surface area contributed by atoms with Crippen LogP contribution in [0.2, 0.25) is 0 Å². The highest BCUT2D eigenvalue weighted by atomic mass is 79.9. The van der Waals surface area contributed by atoms with Gasteiger partial charge in [-0.15, -0.1) is 11.3 Å². The van der Waals surface area contributed by atoms with Crippen LogP contribution in [0.1, 0.15) is 29.9 Å². The number of pyridine rings is 1. The Bertz CT molecular complexity index is 1020. The maximum Gasteiger partial charge on any atom is 0.339 e. The van der Waals surface area contributed by atoms with Gasteiger partial charge in [0.15, 0.2) is 11.6 Å². The Morgan fingerprint density at radius 2 is 1.89 bits per heavy atom. The number of aromatic nitrogens is 1. The molecule has 9 heteroatoms. The molecule has 0 amide bonds. The minimum absolute atomic E-state index is 0.167. The van der Waals surface area contributed by atoms with Crippen LogP contribution >= 0.6 is 34.9 Å². The van der Waals surface area contributed by atoms with Crippen molar-refractivity contribution < 1.29 is 22.4 Å². The lowest BCUT2D eigenvalue weighted by Crippen LogP contribution is -2.09. The maximum atomic E-state index is 13.7. The SMILES string of the molecule is CCOP(=O)(OCC)C(Cc1ccc(F)c(F)c1)c1sc2ncccc2c1Br. The smallest absolute Gasteiger partial charge is 0.308 e. The van der Waals surface area contributed by atoms with Crippen LogP contribution < -0.4 is 0 Å². The fourth-order valence-electron chi connectivity index (χ4n) is 2.95. The molecule has 0 spiro atoms. The highest BCUT2D eigenvalue weighted by Gasteiger charge is 2.39. The third-order valence-electron chi connectivity index (χ3n) is 4.15. The first-order chi connectivity index (χ1) is 13.4. The summed E-state index contributed by atoms with van der Waals surface area (Å²) in [5.41, 5.74) is -0.188. The maximum absolute atomic E-state index is 13.7. The molecule has 0 N–H and O–H groups in total. The van der Waals surface area contributed by atoms with Crippen molar-refractivity contribution in [3.05, 3.63) is 63.1 Å². The molecule has 28 heavy (non-hydrogen) atoms. The lowest BCUT2D eigenvalue weighted by Gasteiger charge is -2.26. The molecule has 0 radical (unpaired) electrons. The molecule has 4 nitrogen and oxygen atoms in total. The van der Waals surface area contributed by atoms with E-state index in [0.717, 1.165) is 31.7 Å². The van der Waals surface area contributed by atoms with Crippen molar-refractivity contribution in [1.29, 1.82) is 0 Å². The van der Waals surface area contributed by atoms with E-state index in [1.54, 1.807) is 20.0 Å². The summed E-state index contributed by atoms with van der Waals surface area (Å²) < 4.78 is 52.7. The fraction of sp³-hybridized carbons (Fsp3) is 0.316. The highest BCUT2D eigenvalue weighted by molar-refractivity contribution is 9.10. The molecule has 3 aromatic rings. The van der Waals surface area contributed by atoms with Crippen LogP contribution in [0.25, 0.3) is 10.2 Å². The van der Waals surface area contributed by atoms with E-state index in [4.69, 9.17) is 9.05 Å². The van der Waals surface area contributed by atoms with Gasteiger partial charge in [0.05, 0.1) is 13.2 Å². The second-order valence-corrected chi connectivity index (χ2v) is 10.0. The van der Waals surface area contributed by atoms with Crippen molar-refractivity contribution in [2.24, 2.45) is 0 Å². The lowest BCUT2D eigenvalue weighted by molar-refractivity contribution is 0.212. The molecule has 1 unspecified atom stereocenters. The van der Waals surface area contributed by atoms with E-state index in [-0.39, 0.29) is 19.6 Å². The van der Waals surface area contributed by atoms with E-state index < -0.39 is 24.9 Å². The quantitative estimate of drug-likeness (QED) is 0.323. The van der Waals surface area contributed by atoms with Crippen LogP contribution in [0.3, 0.4) is 0 Å². The molecule has 0 saturated heterocycles. The predicted molar refractivity (Wildman–Crippen MR) is 111 cm³/mol. The summed E-state index contributed by atoms with van der Waals surface area (Å²) in [6.07, 6.45) is 1.85. The number of rotatable bonds is 8. The van der Waals surface area contributed by atoms with E-state index in [1.807, 2.05) is 12.1 Å². The number of hydrogen-bond donors (Lipinski definition) is 0. The van der Waals surface area contributed by atoms with Gasteiger partial charge in [-0.3, -0.25) is 4.57 Å². The summed E-state index contributed by atoms with van der Waals surface area (Å²) in [4.78, 5) is 5.88. The molecule has 0 aliphatic carbocycles. The fourth-order valence-corrected chi connectivity index (χ4v) is 7.67. The molecule has 0 bridgehead atoms. The van der Waals surface area contributed by atoms with E-state index >= 15 is 0 Å². The summed E-state index contributed by atoms with van der Waals surface area (Å²) in [7, 11) is -3.59. The number of hydrogen-bond acceptors (Lipinski definition) is 5. The average Bonchev–Trinajstić information content (AvgIpc) is 2.99. The molecule has 1 aromatic carbocycles. The topological polar surface area (TPSA) is 48.4 Å². The Morgan fingerprint density at radius 1 is 1.18 bits per heavy atom. The van der Waals surface area contributed by atoms with Gasteiger partial charge in [-0.05, 0) is 66.0 Å². The third-order valence-corrected chi connectivity index (χ3v) is 9.11. The van der Waals surface area contributed by atoms with Gasteiger partial charge in [-0.25, -0.2) is 13.8 Å². The standard InChI is InChI=1S/C19H19BrF2NO3PS/c1-3-25-27(24,26-4-2)16(11-12-7-8-14(21)15(22)10-12)18-17(20)13-6-5-9-23-19(13)28-18/h5-10,16H,3-4,11H2,1-2H3. The van der Waals surface area contributed by atoms with Crippen molar-refractivity contribution in [1.82, 2.24) is 4.98 Å². The largest absolute Gasteiger partial charge is 0.339 e. The molecule has 2 aromatic heterocycles. The summed E-state index contributed by atoms with van der Waals surface area (Å²) in [6.45, 7) is 3.88. The van der Waals surface area contributed by atoms with Crippen molar-refractivity contribution >= 4 is 45.1 Å². The van der Waals surface area contributed by atoms with Gasteiger partial charge >= 0.3 is 7.60 Å². The number of thiophene rings is 1. The summed E-state index contributed by atoms with van der Waals surface area (Å²) >= 11 is 4.97. The zero-order valence-corrected chi connectivity index (χ0v) is 18.6. The lowest BCUT2D eigenvalue weighted by atomic mass is 10.1. The van der Waals surface area contributed by atoms with Gasteiger partial charge in [0.25, 0.3) is 0 Å². The van der Waals surface area contributed by atoms with E-state index in [9.17, 15) is 13.3 Å². The Kier molecular flexibility index (Phi) is 6.99.